The Hall–Kier alpha value is -1.26. The van der Waals surface area contributed by atoms with E-state index < -0.39 is 0 Å². The van der Waals surface area contributed by atoms with E-state index >= 15 is 0 Å². The predicted octanol–water partition coefficient (Wildman–Crippen LogP) is 3.35. The smallest absolute Gasteiger partial charge is 0.315 e. The van der Waals surface area contributed by atoms with Crippen molar-refractivity contribution in [3.63, 3.8) is 0 Å². The molecule has 0 aliphatic heterocycles. The van der Waals surface area contributed by atoms with Crippen LogP contribution in [0.5, 0.6) is 0 Å². The SMILES string of the molecule is CCCCOCCCNC(=O)NCc1cccc(Cl)c1. The van der Waals surface area contributed by atoms with Crippen molar-refractivity contribution >= 4 is 17.6 Å². The third kappa shape index (κ3) is 8.02. The molecule has 0 bridgehead atoms. The number of rotatable bonds is 9. The van der Waals surface area contributed by atoms with Crippen LogP contribution in [0.3, 0.4) is 0 Å². The number of benzene rings is 1. The topological polar surface area (TPSA) is 50.4 Å². The molecular weight excluding hydrogens is 276 g/mol. The third-order valence-electron chi connectivity index (χ3n) is 2.74. The molecule has 0 aromatic heterocycles. The van der Waals surface area contributed by atoms with Crippen LogP contribution in [0.1, 0.15) is 31.7 Å². The van der Waals surface area contributed by atoms with Gasteiger partial charge in [-0.15, -0.1) is 0 Å². The van der Waals surface area contributed by atoms with Crippen LogP contribution in [-0.2, 0) is 11.3 Å². The van der Waals surface area contributed by atoms with Crippen LogP contribution in [0.4, 0.5) is 4.79 Å². The second-order valence-corrected chi connectivity index (χ2v) is 5.00. The summed E-state index contributed by atoms with van der Waals surface area (Å²) in [6.45, 7) is 4.72. The highest BCUT2D eigenvalue weighted by molar-refractivity contribution is 6.30. The highest BCUT2D eigenvalue weighted by Crippen LogP contribution is 2.09. The van der Waals surface area contributed by atoms with Gasteiger partial charge in [0.15, 0.2) is 0 Å². The number of carbonyl (C=O) groups excluding carboxylic acids is 1. The summed E-state index contributed by atoms with van der Waals surface area (Å²) in [6.07, 6.45) is 3.06. The van der Waals surface area contributed by atoms with Gasteiger partial charge >= 0.3 is 6.03 Å². The standard InChI is InChI=1S/C15H23ClN2O2/c1-2-3-9-20-10-5-8-17-15(19)18-12-13-6-4-7-14(16)11-13/h4,6-7,11H,2-3,5,8-10,12H2,1H3,(H2,17,18,19). The molecule has 1 aromatic rings. The van der Waals surface area contributed by atoms with Crippen molar-refractivity contribution in [1.29, 1.82) is 0 Å². The average molecular weight is 299 g/mol. The maximum atomic E-state index is 11.5. The molecule has 112 valence electrons. The Bertz CT molecular complexity index is 399. The Morgan fingerprint density at radius 1 is 1.25 bits per heavy atom. The number of carbonyl (C=O) groups is 1. The summed E-state index contributed by atoms with van der Waals surface area (Å²) in [5.41, 5.74) is 0.982. The summed E-state index contributed by atoms with van der Waals surface area (Å²) in [7, 11) is 0. The maximum absolute atomic E-state index is 11.5. The van der Waals surface area contributed by atoms with E-state index in [0.29, 0.717) is 24.7 Å². The monoisotopic (exact) mass is 298 g/mol. The van der Waals surface area contributed by atoms with Crippen molar-refractivity contribution in [3.8, 4) is 0 Å². The van der Waals surface area contributed by atoms with E-state index in [1.54, 1.807) is 0 Å². The zero-order valence-corrected chi connectivity index (χ0v) is 12.7. The molecule has 2 amide bonds. The average Bonchev–Trinajstić information content (AvgIpc) is 2.44. The molecular formula is C15H23ClN2O2. The van der Waals surface area contributed by atoms with Gasteiger partial charge in [-0.25, -0.2) is 4.79 Å². The van der Waals surface area contributed by atoms with E-state index in [0.717, 1.165) is 31.4 Å². The van der Waals surface area contributed by atoms with Crippen molar-refractivity contribution < 1.29 is 9.53 Å². The number of halogens is 1. The van der Waals surface area contributed by atoms with Crippen molar-refractivity contribution in [2.24, 2.45) is 0 Å². The summed E-state index contributed by atoms with van der Waals surface area (Å²) in [6, 6.07) is 7.27. The number of hydrogen-bond acceptors (Lipinski definition) is 2. The van der Waals surface area contributed by atoms with E-state index in [4.69, 9.17) is 16.3 Å². The summed E-state index contributed by atoms with van der Waals surface area (Å²) in [5, 5.41) is 6.26. The number of hydrogen-bond donors (Lipinski definition) is 2. The van der Waals surface area contributed by atoms with Gasteiger partial charge in [-0.1, -0.05) is 37.1 Å². The molecule has 0 saturated carbocycles. The first kappa shape index (κ1) is 16.8. The van der Waals surface area contributed by atoms with Gasteiger partial charge in [0, 0.05) is 31.3 Å². The van der Waals surface area contributed by atoms with E-state index in [1.807, 2.05) is 24.3 Å². The summed E-state index contributed by atoms with van der Waals surface area (Å²) in [4.78, 5) is 11.5. The van der Waals surface area contributed by atoms with Crippen molar-refractivity contribution in [3.05, 3.63) is 34.9 Å². The molecule has 0 unspecified atom stereocenters. The van der Waals surface area contributed by atoms with Crippen LogP contribution < -0.4 is 10.6 Å². The molecule has 20 heavy (non-hydrogen) atoms. The van der Waals surface area contributed by atoms with Crippen molar-refractivity contribution in [2.45, 2.75) is 32.7 Å². The summed E-state index contributed by atoms with van der Waals surface area (Å²) < 4.78 is 5.41. The summed E-state index contributed by atoms with van der Waals surface area (Å²) >= 11 is 5.87. The molecule has 0 aliphatic carbocycles. The molecule has 2 N–H and O–H groups in total. The Morgan fingerprint density at radius 2 is 2.05 bits per heavy atom. The van der Waals surface area contributed by atoms with Gasteiger partial charge in [-0.2, -0.15) is 0 Å². The van der Waals surface area contributed by atoms with E-state index in [1.165, 1.54) is 0 Å². The second-order valence-electron chi connectivity index (χ2n) is 4.56. The molecule has 0 atom stereocenters. The molecule has 0 radical (unpaired) electrons. The van der Waals surface area contributed by atoms with E-state index in [-0.39, 0.29) is 6.03 Å². The Kier molecular flexibility index (Phi) is 8.83. The van der Waals surface area contributed by atoms with Gasteiger partial charge in [0.2, 0.25) is 0 Å². The lowest BCUT2D eigenvalue weighted by Crippen LogP contribution is -2.35. The molecule has 0 spiro atoms. The highest BCUT2D eigenvalue weighted by Gasteiger charge is 2.00. The fourth-order valence-electron chi connectivity index (χ4n) is 1.62. The number of nitrogens with one attached hydrogen (secondary N) is 2. The minimum atomic E-state index is -0.168. The molecule has 1 rings (SSSR count). The summed E-state index contributed by atoms with van der Waals surface area (Å²) in [5.74, 6) is 0. The quantitative estimate of drug-likeness (QED) is 0.687. The first-order valence-corrected chi connectivity index (χ1v) is 7.44. The first-order chi connectivity index (χ1) is 9.72. The van der Waals surface area contributed by atoms with Crippen LogP contribution >= 0.6 is 11.6 Å². The molecule has 0 fully saturated rings. The van der Waals surface area contributed by atoms with Crippen LogP contribution in [-0.4, -0.2) is 25.8 Å². The van der Waals surface area contributed by atoms with Gasteiger partial charge < -0.3 is 15.4 Å². The Balaban J connectivity index is 2.03. The normalized spacial score (nSPS) is 10.3. The van der Waals surface area contributed by atoms with Crippen molar-refractivity contribution in [1.82, 2.24) is 10.6 Å². The largest absolute Gasteiger partial charge is 0.381 e. The zero-order valence-electron chi connectivity index (χ0n) is 12.0. The van der Waals surface area contributed by atoms with E-state index in [9.17, 15) is 4.79 Å². The number of ether oxygens (including phenoxy) is 1. The molecule has 0 aliphatic rings. The first-order valence-electron chi connectivity index (χ1n) is 7.06. The molecule has 1 aromatic carbocycles. The lowest BCUT2D eigenvalue weighted by Gasteiger charge is -2.08. The maximum Gasteiger partial charge on any atom is 0.315 e. The Labute approximate surface area is 125 Å². The zero-order chi connectivity index (χ0) is 14.6. The molecule has 5 heteroatoms. The van der Waals surface area contributed by atoms with Gasteiger partial charge in [0.25, 0.3) is 0 Å². The third-order valence-corrected chi connectivity index (χ3v) is 2.97. The molecule has 4 nitrogen and oxygen atoms in total. The predicted molar refractivity (Wildman–Crippen MR) is 82.0 cm³/mol. The second kappa shape index (κ2) is 10.5. The van der Waals surface area contributed by atoms with Crippen LogP contribution in [0.15, 0.2) is 24.3 Å². The van der Waals surface area contributed by atoms with Crippen LogP contribution in [0.25, 0.3) is 0 Å². The van der Waals surface area contributed by atoms with Gasteiger partial charge in [0.05, 0.1) is 0 Å². The van der Waals surface area contributed by atoms with Crippen LogP contribution in [0, 0.1) is 0 Å². The van der Waals surface area contributed by atoms with Crippen molar-refractivity contribution in [2.75, 3.05) is 19.8 Å². The van der Waals surface area contributed by atoms with Gasteiger partial charge in [-0.3, -0.25) is 0 Å². The lowest BCUT2D eigenvalue weighted by molar-refractivity contribution is 0.129. The number of amides is 2. The minimum Gasteiger partial charge on any atom is -0.381 e. The Morgan fingerprint density at radius 3 is 2.80 bits per heavy atom. The number of unbranched alkanes of at least 4 members (excludes halogenated alkanes) is 1. The molecule has 0 heterocycles. The minimum absolute atomic E-state index is 0.168. The fourth-order valence-corrected chi connectivity index (χ4v) is 1.83. The lowest BCUT2D eigenvalue weighted by atomic mass is 10.2. The fraction of sp³-hybridized carbons (Fsp3) is 0.533. The molecule has 0 saturated heterocycles. The van der Waals surface area contributed by atoms with E-state index in [2.05, 4.69) is 17.6 Å². The van der Waals surface area contributed by atoms with Gasteiger partial charge in [0.1, 0.15) is 0 Å². The highest BCUT2D eigenvalue weighted by atomic mass is 35.5. The number of urea groups is 1. The van der Waals surface area contributed by atoms with Crippen LogP contribution in [0.2, 0.25) is 5.02 Å². The van der Waals surface area contributed by atoms with Gasteiger partial charge in [-0.05, 0) is 30.5 Å².